The van der Waals surface area contributed by atoms with Gasteiger partial charge in [-0.05, 0) is 12.5 Å². The van der Waals surface area contributed by atoms with Gasteiger partial charge in [0.15, 0.2) is 0 Å². The van der Waals surface area contributed by atoms with Gasteiger partial charge >= 0.3 is 0 Å². The first-order valence-corrected chi connectivity index (χ1v) is 8.48. The zero-order valence-electron chi connectivity index (χ0n) is 14.5. The van der Waals surface area contributed by atoms with Gasteiger partial charge in [-0.15, -0.1) is 5.10 Å². The Labute approximate surface area is 151 Å². The Bertz CT molecular complexity index is 748. The Morgan fingerprint density at radius 1 is 1.35 bits per heavy atom. The van der Waals surface area contributed by atoms with Crippen LogP contribution in [0, 0.1) is 0 Å². The van der Waals surface area contributed by atoms with Crippen LogP contribution in [0.25, 0.3) is 0 Å². The topological polar surface area (TPSA) is 110 Å². The summed E-state index contributed by atoms with van der Waals surface area (Å²) in [6.45, 7) is 3.50. The lowest BCUT2D eigenvalue weighted by atomic mass is 10.1. The highest BCUT2D eigenvalue weighted by Crippen LogP contribution is 2.07. The van der Waals surface area contributed by atoms with Crippen molar-refractivity contribution in [1.29, 1.82) is 0 Å². The molecule has 0 saturated carbocycles. The molecular formula is C17H22N6O3. The third-order valence-corrected chi connectivity index (χ3v) is 4.01. The van der Waals surface area contributed by atoms with Crippen LogP contribution in [0.2, 0.25) is 0 Å². The molecule has 0 radical (unpaired) electrons. The molecule has 3 N–H and O–H groups in total. The average Bonchev–Trinajstić information content (AvgIpc) is 3.08. The van der Waals surface area contributed by atoms with Crippen molar-refractivity contribution in [3.8, 4) is 0 Å². The number of aromatic nitrogens is 3. The van der Waals surface area contributed by atoms with Gasteiger partial charge in [-0.2, -0.15) is 0 Å². The van der Waals surface area contributed by atoms with Crippen molar-refractivity contribution in [3.63, 3.8) is 0 Å². The van der Waals surface area contributed by atoms with Crippen molar-refractivity contribution in [1.82, 2.24) is 25.4 Å². The van der Waals surface area contributed by atoms with Gasteiger partial charge in [0.25, 0.3) is 0 Å². The van der Waals surface area contributed by atoms with Crippen LogP contribution < -0.4 is 16.0 Å². The second-order valence-electron chi connectivity index (χ2n) is 6.03. The number of anilines is 1. The SMILES string of the molecule is C[C@H]1OCCN[C@@H]1C(=O)Nc1ncn(CC(=O)NCc2ccccc2)n1. The van der Waals surface area contributed by atoms with E-state index in [1.165, 1.54) is 11.0 Å². The molecule has 0 unspecified atom stereocenters. The largest absolute Gasteiger partial charge is 0.375 e. The summed E-state index contributed by atoms with van der Waals surface area (Å²) in [6, 6.07) is 9.18. The van der Waals surface area contributed by atoms with Gasteiger partial charge in [-0.1, -0.05) is 30.3 Å². The van der Waals surface area contributed by atoms with Crippen LogP contribution >= 0.6 is 0 Å². The molecule has 3 rings (SSSR count). The van der Waals surface area contributed by atoms with Crippen LogP contribution in [0.4, 0.5) is 5.95 Å². The predicted molar refractivity (Wildman–Crippen MR) is 94.1 cm³/mol. The number of rotatable bonds is 6. The van der Waals surface area contributed by atoms with Crippen molar-refractivity contribution < 1.29 is 14.3 Å². The van der Waals surface area contributed by atoms with E-state index in [-0.39, 0.29) is 30.4 Å². The van der Waals surface area contributed by atoms with Gasteiger partial charge < -0.3 is 15.4 Å². The van der Waals surface area contributed by atoms with Crippen LogP contribution in [0.15, 0.2) is 36.7 Å². The maximum absolute atomic E-state index is 12.2. The summed E-state index contributed by atoms with van der Waals surface area (Å²) < 4.78 is 6.83. The van der Waals surface area contributed by atoms with Crippen molar-refractivity contribution in [2.24, 2.45) is 0 Å². The van der Waals surface area contributed by atoms with Crippen molar-refractivity contribution in [2.75, 3.05) is 18.5 Å². The zero-order valence-corrected chi connectivity index (χ0v) is 14.5. The minimum absolute atomic E-state index is 0.0247. The maximum atomic E-state index is 12.2. The molecule has 138 valence electrons. The predicted octanol–water partition coefficient (Wildman–Crippen LogP) is -0.0901. The zero-order chi connectivity index (χ0) is 18.4. The Kier molecular flexibility index (Phi) is 5.92. The maximum Gasteiger partial charge on any atom is 0.248 e. The van der Waals surface area contributed by atoms with E-state index in [2.05, 4.69) is 26.0 Å². The highest BCUT2D eigenvalue weighted by Gasteiger charge is 2.28. The van der Waals surface area contributed by atoms with Crippen LogP contribution in [0.5, 0.6) is 0 Å². The van der Waals surface area contributed by atoms with E-state index in [1.807, 2.05) is 37.3 Å². The molecule has 2 amide bonds. The normalized spacial score (nSPS) is 19.7. The Hall–Kier alpha value is -2.78. The lowest BCUT2D eigenvalue weighted by Gasteiger charge is -2.28. The number of nitrogens with zero attached hydrogens (tertiary/aromatic N) is 3. The molecule has 9 nitrogen and oxygen atoms in total. The number of nitrogens with one attached hydrogen (secondary N) is 3. The van der Waals surface area contributed by atoms with E-state index in [4.69, 9.17) is 4.74 Å². The second kappa shape index (κ2) is 8.54. The average molecular weight is 358 g/mol. The van der Waals surface area contributed by atoms with Gasteiger partial charge in [0.1, 0.15) is 18.9 Å². The third-order valence-electron chi connectivity index (χ3n) is 4.01. The van der Waals surface area contributed by atoms with E-state index >= 15 is 0 Å². The standard InChI is InChI=1S/C17H22N6O3/c1-12-15(18-7-8-26-12)16(25)21-17-20-11-23(22-17)10-14(24)19-9-13-5-3-2-4-6-13/h2-6,11-12,15,18H,7-10H2,1H3,(H,19,24)(H,21,22,25)/t12-,15+/m1/s1. The van der Waals surface area contributed by atoms with Gasteiger partial charge in [-0.3, -0.25) is 14.9 Å². The van der Waals surface area contributed by atoms with E-state index in [0.717, 1.165) is 5.56 Å². The summed E-state index contributed by atoms with van der Waals surface area (Å²) in [5, 5.41) is 12.7. The number of hydrogen-bond acceptors (Lipinski definition) is 6. The van der Waals surface area contributed by atoms with E-state index in [0.29, 0.717) is 19.7 Å². The number of amides is 2. The molecule has 2 heterocycles. The fourth-order valence-electron chi connectivity index (χ4n) is 2.64. The lowest BCUT2D eigenvalue weighted by molar-refractivity contribution is -0.124. The number of benzene rings is 1. The smallest absolute Gasteiger partial charge is 0.248 e. The molecule has 0 aliphatic carbocycles. The second-order valence-corrected chi connectivity index (χ2v) is 6.03. The molecule has 1 saturated heterocycles. The summed E-state index contributed by atoms with van der Waals surface area (Å²) in [4.78, 5) is 28.3. The Morgan fingerprint density at radius 2 is 2.15 bits per heavy atom. The van der Waals surface area contributed by atoms with Gasteiger partial charge in [0.05, 0.1) is 12.7 Å². The summed E-state index contributed by atoms with van der Waals surface area (Å²) in [5.41, 5.74) is 1.02. The fraction of sp³-hybridized carbons (Fsp3) is 0.412. The quantitative estimate of drug-likeness (QED) is 0.666. The summed E-state index contributed by atoms with van der Waals surface area (Å²) in [7, 11) is 0. The molecule has 1 aliphatic rings. The molecular weight excluding hydrogens is 336 g/mol. The Balaban J connectivity index is 1.48. The number of carbonyl (C=O) groups is 2. The van der Waals surface area contributed by atoms with Gasteiger partial charge in [-0.25, -0.2) is 9.67 Å². The van der Waals surface area contributed by atoms with E-state index in [1.54, 1.807) is 0 Å². The number of hydrogen-bond donors (Lipinski definition) is 3. The molecule has 9 heteroatoms. The summed E-state index contributed by atoms with van der Waals surface area (Å²) in [5.74, 6) is -0.290. The van der Waals surface area contributed by atoms with E-state index < -0.39 is 6.04 Å². The minimum atomic E-state index is -0.454. The molecule has 1 fully saturated rings. The molecule has 1 aliphatic heterocycles. The van der Waals surface area contributed by atoms with Crippen molar-refractivity contribution >= 4 is 17.8 Å². The molecule has 1 aromatic carbocycles. The van der Waals surface area contributed by atoms with Gasteiger partial charge in [0.2, 0.25) is 17.8 Å². The van der Waals surface area contributed by atoms with Crippen LogP contribution in [0.1, 0.15) is 12.5 Å². The summed E-state index contributed by atoms with van der Waals surface area (Å²) in [6.07, 6.45) is 1.18. The third kappa shape index (κ3) is 4.87. The Morgan fingerprint density at radius 3 is 2.92 bits per heavy atom. The monoisotopic (exact) mass is 358 g/mol. The molecule has 2 aromatic rings. The van der Waals surface area contributed by atoms with Gasteiger partial charge in [0, 0.05) is 13.1 Å². The van der Waals surface area contributed by atoms with Crippen molar-refractivity contribution in [3.05, 3.63) is 42.2 Å². The number of morpholine rings is 1. The molecule has 2 atom stereocenters. The number of ether oxygens (including phenoxy) is 1. The van der Waals surface area contributed by atoms with Crippen molar-refractivity contribution in [2.45, 2.75) is 32.2 Å². The highest BCUT2D eigenvalue weighted by molar-refractivity contribution is 5.93. The lowest BCUT2D eigenvalue weighted by Crippen LogP contribution is -2.53. The highest BCUT2D eigenvalue weighted by atomic mass is 16.5. The first kappa shape index (κ1) is 18.0. The van der Waals surface area contributed by atoms with Crippen LogP contribution in [0.3, 0.4) is 0 Å². The first-order chi connectivity index (χ1) is 12.6. The molecule has 0 spiro atoms. The number of carbonyl (C=O) groups excluding carboxylic acids is 2. The van der Waals surface area contributed by atoms with Crippen LogP contribution in [-0.4, -0.2) is 51.9 Å². The summed E-state index contributed by atoms with van der Waals surface area (Å²) >= 11 is 0. The fourth-order valence-corrected chi connectivity index (χ4v) is 2.64. The molecule has 0 bridgehead atoms. The first-order valence-electron chi connectivity index (χ1n) is 8.48. The molecule has 26 heavy (non-hydrogen) atoms. The molecule has 1 aromatic heterocycles. The minimum Gasteiger partial charge on any atom is -0.375 e. The van der Waals surface area contributed by atoms with Crippen LogP contribution in [-0.2, 0) is 27.4 Å². The van der Waals surface area contributed by atoms with E-state index in [9.17, 15) is 9.59 Å².